The molecule has 7 nitrogen and oxygen atoms in total. The van der Waals surface area contributed by atoms with Gasteiger partial charge in [0.1, 0.15) is 4.90 Å². The van der Waals surface area contributed by atoms with E-state index >= 15 is 0 Å². The number of sulfonamides is 1. The van der Waals surface area contributed by atoms with Crippen LogP contribution in [0.3, 0.4) is 0 Å². The fraction of sp³-hybridized carbons (Fsp3) is 0.333. The molecular weight excluding hydrogens is 460 g/mol. The van der Waals surface area contributed by atoms with E-state index in [0.29, 0.717) is 36.0 Å². The normalized spacial score (nSPS) is 15.1. The number of rotatable bonds is 6. The summed E-state index contributed by atoms with van der Waals surface area (Å²) in [5.41, 5.74) is 3.05. The van der Waals surface area contributed by atoms with Crippen molar-refractivity contribution in [2.24, 2.45) is 0 Å². The highest BCUT2D eigenvalue weighted by Gasteiger charge is 2.34. The smallest absolute Gasteiger partial charge is 0.246 e. The molecule has 4 rings (SSSR count). The number of halogens is 1. The Labute approximate surface area is 199 Å². The third-order valence-electron chi connectivity index (χ3n) is 5.95. The van der Waals surface area contributed by atoms with E-state index in [0.717, 1.165) is 11.1 Å². The van der Waals surface area contributed by atoms with Crippen molar-refractivity contribution < 1.29 is 13.2 Å². The van der Waals surface area contributed by atoms with Crippen LogP contribution in [-0.2, 0) is 27.8 Å². The van der Waals surface area contributed by atoms with Gasteiger partial charge in [0.15, 0.2) is 0 Å². The van der Waals surface area contributed by atoms with E-state index in [1.165, 1.54) is 4.31 Å². The van der Waals surface area contributed by atoms with Gasteiger partial charge < -0.3 is 4.90 Å². The minimum atomic E-state index is -3.71. The first-order valence-corrected chi connectivity index (χ1v) is 12.7. The highest BCUT2D eigenvalue weighted by molar-refractivity contribution is 7.89. The summed E-state index contributed by atoms with van der Waals surface area (Å²) in [5, 5.41) is 5.13. The zero-order valence-electron chi connectivity index (χ0n) is 18.7. The van der Waals surface area contributed by atoms with Crippen molar-refractivity contribution in [3.63, 3.8) is 0 Å². The van der Waals surface area contributed by atoms with Crippen molar-refractivity contribution in [2.75, 3.05) is 26.2 Å². The highest BCUT2D eigenvalue weighted by Crippen LogP contribution is 2.25. The van der Waals surface area contributed by atoms with Gasteiger partial charge in [-0.3, -0.25) is 9.48 Å². The summed E-state index contributed by atoms with van der Waals surface area (Å²) in [5.74, 6) is -0.0163. The Morgan fingerprint density at radius 2 is 1.58 bits per heavy atom. The van der Waals surface area contributed by atoms with Crippen LogP contribution in [-0.4, -0.2) is 59.5 Å². The SMILES string of the molecule is Cc1nn(Cc2ccccc2)c(C)c1S(=O)(=O)N1CCN(C(=O)Cc2ccc(Cl)cc2)CC1. The molecule has 1 saturated heterocycles. The Kier molecular flexibility index (Phi) is 6.88. The average molecular weight is 487 g/mol. The lowest BCUT2D eigenvalue weighted by Gasteiger charge is -2.34. The number of nitrogens with zero attached hydrogens (tertiary/aromatic N) is 4. The lowest BCUT2D eigenvalue weighted by molar-refractivity contribution is -0.131. The van der Waals surface area contributed by atoms with Gasteiger partial charge in [-0.1, -0.05) is 54.1 Å². The minimum Gasteiger partial charge on any atom is -0.340 e. The maximum atomic E-state index is 13.5. The van der Waals surface area contributed by atoms with Gasteiger partial charge in [0.2, 0.25) is 15.9 Å². The average Bonchev–Trinajstić information content (AvgIpc) is 3.09. The molecule has 2 heterocycles. The molecule has 0 radical (unpaired) electrons. The van der Waals surface area contributed by atoms with E-state index in [9.17, 15) is 13.2 Å². The van der Waals surface area contributed by atoms with Crippen LogP contribution in [0.1, 0.15) is 22.5 Å². The maximum absolute atomic E-state index is 13.5. The van der Waals surface area contributed by atoms with Gasteiger partial charge in [0.25, 0.3) is 0 Å². The second-order valence-electron chi connectivity index (χ2n) is 8.23. The lowest BCUT2D eigenvalue weighted by atomic mass is 10.1. The van der Waals surface area contributed by atoms with Crippen molar-refractivity contribution in [3.05, 3.63) is 82.1 Å². The van der Waals surface area contributed by atoms with Gasteiger partial charge in [-0.25, -0.2) is 8.42 Å². The summed E-state index contributed by atoms with van der Waals surface area (Å²) in [6.45, 7) is 5.28. The molecule has 174 valence electrons. The summed E-state index contributed by atoms with van der Waals surface area (Å²) < 4.78 is 30.1. The molecule has 1 aliphatic rings. The molecule has 33 heavy (non-hydrogen) atoms. The fourth-order valence-corrected chi connectivity index (χ4v) is 6.08. The number of piperazine rings is 1. The molecule has 0 unspecified atom stereocenters. The Hall–Kier alpha value is -2.68. The monoisotopic (exact) mass is 486 g/mol. The first kappa shape index (κ1) is 23.5. The van der Waals surface area contributed by atoms with E-state index in [1.54, 1.807) is 35.6 Å². The minimum absolute atomic E-state index is 0.0163. The molecule has 0 bridgehead atoms. The number of amides is 1. The molecular formula is C24H27ClN4O3S. The summed E-state index contributed by atoms with van der Waals surface area (Å²) in [4.78, 5) is 14.7. The first-order chi connectivity index (χ1) is 15.8. The number of aryl methyl sites for hydroxylation is 1. The molecule has 1 fully saturated rings. The molecule has 0 saturated carbocycles. The maximum Gasteiger partial charge on any atom is 0.246 e. The number of hydrogen-bond donors (Lipinski definition) is 0. The predicted octanol–water partition coefficient (Wildman–Crippen LogP) is 3.28. The summed E-state index contributed by atoms with van der Waals surface area (Å²) in [6, 6.07) is 17.0. The standard InChI is InChI=1S/C24H27ClN4O3S/c1-18-24(19(2)29(26-18)17-21-6-4-3-5-7-21)33(31,32)28-14-12-27(13-15-28)23(30)16-20-8-10-22(25)11-9-20/h3-11H,12-17H2,1-2H3. The van der Waals surface area contributed by atoms with Crippen LogP contribution in [0.2, 0.25) is 5.02 Å². The van der Waals surface area contributed by atoms with Gasteiger partial charge in [0.05, 0.1) is 24.4 Å². The molecule has 2 aromatic carbocycles. The zero-order valence-corrected chi connectivity index (χ0v) is 20.3. The Morgan fingerprint density at radius 3 is 2.21 bits per heavy atom. The Bertz CT molecular complexity index is 1230. The summed E-state index contributed by atoms with van der Waals surface area (Å²) in [6.07, 6.45) is 0.272. The third-order valence-corrected chi connectivity index (χ3v) is 8.35. The number of carbonyl (C=O) groups is 1. The van der Waals surface area contributed by atoms with Crippen molar-refractivity contribution in [3.8, 4) is 0 Å². The molecule has 0 aliphatic carbocycles. The quantitative estimate of drug-likeness (QED) is 0.536. The van der Waals surface area contributed by atoms with E-state index in [-0.39, 0.29) is 30.3 Å². The molecule has 0 N–H and O–H groups in total. The molecule has 1 aliphatic heterocycles. The van der Waals surface area contributed by atoms with Gasteiger partial charge in [-0.15, -0.1) is 0 Å². The van der Waals surface area contributed by atoms with Crippen LogP contribution >= 0.6 is 11.6 Å². The molecule has 1 amide bonds. The molecule has 0 spiro atoms. The van der Waals surface area contributed by atoms with Crippen molar-refractivity contribution in [1.82, 2.24) is 19.0 Å². The Balaban J connectivity index is 1.44. The van der Waals surface area contributed by atoms with Crippen LogP contribution < -0.4 is 0 Å². The van der Waals surface area contributed by atoms with Crippen LogP contribution in [0.5, 0.6) is 0 Å². The molecule has 1 aromatic heterocycles. The number of benzene rings is 2. The fourth-order valence-electron chi connectivity index (χ4n) is 4.16. The van der Waals surface area contributed by atoms with Crippen LogP contribution in [0.25, 0.3) is 0 Å². The van der Waals surface area contributed by atoms with Crippen LogP contribution in [0.15, 0.2) is 59.5 Å². The molecule has 0 atom stereocenters. The van der Waals surface area contributed by atoms with Crippen LogP contribution in [0.4, 0.5) is 0 Å². The number of carbonyl (C=O) groups excluding carboxylic acids is 1. The second-order valence-corrected chi connectivity index (χ2v) is 10.5. The van der Waals surface area contributed by atoms with Crippen LogP contribution in [0, 0.1) is 13.8 Å². The number of aromatic nitrogens is 2. The van der Waals surface area contributed by atoms with Gasteiger partial charge >= 0.3 is 0 Å². The summed E-state index contributed by atoms with van der Waals surface area (Å²) >= 11 is 5.91. The van der Waals surface area contributed by atoms with Gasteiger partial charge in [-0.05, 0) is 37.1 Å². The van der Waals surface area contributed by atoms with E-state index in [1.807, 2.05) is 42.5 Å². The van der Waals surface area contributed by atoms with E-state index < -0.39 is 10.0 Å². The Morgan fingerprint density at radius 1 is 0.939 bits per heavy atom. The summed E-state index contributed by atoms with van der Waals surface area (Å²) in [7, 11) is -3.71. The largest absolute Gasteiger partial charge is 0.340 e. The topological polar surface area (TPSA) is 75.5 Å². The van der Waals surface area contributed by atoms with E-state index in [4.69, 9.17) is 11.6 Å². The predicted molar refractivity (Wildman–Crippen MR) is 128 cm³/mol. The third kappa shape index (κ3) is 5.13. The zero-order chi connectivity index (χ0) is 23.6. The first-order valence-electron chi connectivity index (χ1n) is 10.9. The van der Waals surface area contributed by atoms with Gasteiger partial charge in [0, 0.05) is 31.2 Å². The molecule has 3 aromatic rings. The van der Waals surface area contributed by atoms with Crippen molar-refractivity contribution >= 4 is 27.5 Å². The number of hydrogen-bond acceptors (Lipinski definition) is 4. The van der Waals surface area contributed by atoms with E-state index in [2.05, 4.69) is 5.10 Å². The second kappa shape index (κ2) is 9.67. The molecule has 9 heteroatoms. The van der Waals surface area contributed by atoms with Crippen molar-refractivity contribution in [2.45, 2.75) is 31.7 Å². The highest BCUT2D eigenvalue weighted by atomic mass is 35.5. The van der Waals surface area contributed by atoms with Crippen molar-refractivity contribution in [1.29, 1.82) is 0 Å². The van der Waals surface area contributed by atoms with Gasteiger partial charge in [-0.2, -0.15) is 9.40 Å². The lowest BCUT2D eigenvalue weighted by Crippen LogP contribution is -2.51.